The van der Waals surface area contributed by atoms with Gasteiger partial charge in [0.15, 0.2) is 10.9 Å². The van der Waals surface area contributed by atoms with E-state index < -0.39 is 40.2 Å². The third-order valence-electron chi connectivity index (χ3n) is 3.43. The average molecular weight is 496 g/mol. The van der Waals surface area contributed by atoms with E-state index in [2.05, 4.69) is 15.3 Å². The van der Waals surface area contributed by atoms with Crippen LogP contribution in [0.5, 0.6) is 5.75 Å². The van der Waals surface area contributed by atoms with E-state index in [1.807, 2.05) is 0 Å². The number of amides is 1. The summed E-state index contributed by atoms with van der Waals surface area (Å²) >= 11 is 10.4. The molecule has 2 heterocycles. The molecule has 0 spiro atoms. The van der Waals surface area contributed by atoms with Crippen LogP contribution in [0.15, 0.2) is 41.8 Å². The number of hydrogen-bond donors (Lipinski definition) is 1. The van der Waals surface area contributed by atoms with Crippen LogP contribution in [-0.2, 0) is 22.1 Å². The number of anilines is 1. The van der Waals surface area contributed by atoms with Crippen LogP contribution >= 0.6 is 34.5 Å². The topological polar surface area (TPSA) is 81.2 Å². The summed E-state index contributed by atoms with van der Waals surface area (Å²) in [6.45, 7) is 0. The molecule has 1 N–H and O–H groups in total. The van der Waals surface area contributed by atoms with Crippen molar-refractivity contribution < 1.29 is 26.4 Å². The number of hydrogen-bond acceptors (Lipinski definition) is 6. The van der Waals surface area contributed by atoms with Gasteiger partial charge in [0.2, 0.25) is 17.0 Å². The number of benzene rings is 1. The number of alkyl halides is 3. The Morgan fingerprint density at radius 2 is 1.83 bits per heavy atom. The van der Waals surface area contributed by atoms with Crippen LogP contribution in [0.3, 0.4) is 0 Å². The second-order valence-corrected chi connectivity index (χ2v) is 8.31. The molecule has 3 aromatic rings. The molecule has 30 heavy (non-hydrogen) atoms. The van der Waals surface area contributed by atoms with E-state index in [1.54, 1.807) is 5.38 Å². The Hall–Kier alpha value is -2.21. The lowest BCUT2D eigenvalue weighted by Gasteiger charge is -2.12. The Kier molecular flexibility index (Phi) is 6.96. The fourth-order valence-corrected chi connectivity index (χ4v) is 4.13. The zero-order valence-corrected chi connectivity index (χ0v) is 17.7. The normalized spacial score (nSPS) is 12.4. The zero-order chi connectivity index (χ0) is 21.9. The summed E-state index contributed by atoms with van der Waals surface area (Å²) < 4.78 is 55.7. The third-order valence-corrected chi connectivity index (χ3v) is 5.44. The Bertz CT molecular complexity index is 1090. The molecule has 2 aromatic heterocycles. The first-order valence-corrected chi connectivity index (χ1v) is 10.8. The summed E-state index contributed by atoms with van der Waals surface area (Å²) in [6, 6.07) is 7.37. The Balaban J connectivity index is 1.63. The first-order valence-electron chi connectivity index (χ1n) is 7.93. The molecule has 1 unspecified atom stereocenters. The van der Waals surface area contributed by atoms with Gasteiger partial charge in [-0.1, -0.05) is 35.3 Å². The molecule has 13 heteroatoms. The molecule has 0 aliphatic heterocycles. The third kappa shape index (κ3) is 5.91. The van der Waals surface area contributed by atoms with Gasteiger partial charge in [-0.3, -0.25) is 4.79 Å². The van der Waals surface area contributed by atoms with Crippen molar-refractivity contribution in [1.82, 2.24) is 9.97 Å². The number of aromatic nitrogens is 2. The number of thiazole rings is 1. The van der Waals surface area contributed by atoms with Crippen LogP contribution in [-0.4, -0.2) is 25.8 Å². The van der Waals surface area contributed by atoms with Crippen molar-refractivity contribution in [1.29, 1.82) is 0 Å². The summed E-state index contributed by atoms with van der Waals surface area (Å²) in [5.41, 5.74) is -0.0385. The van der Waals surface area contributed by atoms with Gasteiger partial charge >= 0.3 is 6.18 Å². The van der Waals surface area contributed by atoms with Crippen LogP contribution in [0, 0.1) is 0 Å². The first-order chi connectivity index (χ1) is 14.1. The Morgan fingerprint density at radius 3 is 2.50 bits per heavy atom. The van der Waals surface area contributed by atoms with Crippen molar-refractivity contribution >= 4 is 56.7 Å². The SMILES string of the molecule is O=C(CS(=O)Oc1ccccc1C(F)(F)F)Nc1nc(-c2cc(Cl)nc(Cl)c2)cs1. The smallest absolute Gasteiger partial charge is 0.400 e. The molecule has 0 radical (unpaired) electrons. The van der Waals surface area contributed by atoms with Gasteiger partial charge in [0.25, 0.3) is 0 Å². The quantitative estimate of drug-likeness (QED) is 0.474. The van der Waals surface area contributed by atoms with Crippen molar-refractivity contribution in [2.24, 2.45) is 0 Å². The van der Waals surface area contributed by atoms with Crippen LogP contribution < -0.4 is 9.50 Å². The number of para-hydroxylation sites is 1. The van der Waals surface area contributed by atoms with Crippen molar-refractivity contribution in [3.63, 3.8) is 0 Å². The number of nitrogens with one attached hydrogen (secondary N) is 1. The Morgan fingerprint density at radius 1 is 1.17 bits per heavy atom. The summed E-state index contributed by atoms with van der Waals surface area (Å²) in [7, 11) is 0. The predicted molar refractivity (Wildman–Crippen MR) is 109 cm³/mol. The first kappa shape index (κ1) is 22.5. The highest BCUT2D eigenvalue weighted by molar-refractivity contribution is 7.81. The highest BCUT2D eigenvalue weighted by Crippen LogP contribution is 2.36. The van der Waals surface area contributed by atoms with Gasteiger partial charge in [0.1, 0.15) is 16.1 Å². The summed E-state index contributed by atoms with van der Waals surface area (Å²) in [5, 5.41) is 4.57. The summed E-state index contributed by atoms with van der Waals surface area (Å²) in [4.78, 5) is 20.1. The van der Waals surface area contributed by atoms with Gasteiger partial charge in [0, 0.05) is 10.9 Å². The maximum Gasteiger partial charge on any atom is 0.420 e. The van der Waals surface area contributed by atoms with Gasteiger partial charge in [0.05, 0.1) is 11.3 Å². The van der Waals surface area contributed by atoms with E-state index in [4.69, 9.17) is 27.4 Å². The monoisotopic (exact) mass is 495 g/mol. The number of carbonyl (C=O) groups excluding carboxylic acids is 1. The standard InChI is InChI=1S/C17H10Cl2F3N3O3S2/c18-13-5-9(6-14(19)24-13)11-7-29-16(23-11)25-15(26)8-30(27)28-12-4-2-1-3-10(12)17(20,21)22/h1-7H,8H2,(H,23,25,26). The minimum atomic E-state index is -4.68. The minimum absolute atomic E-state index is 0.169. The molecule has 1 aromatic carbocycles. The van der Waals surface area contributed by atoms with Crippen LogP contribution in [0.1, 0.15) is 5.56 Å². The molecule has 0 fully saturated rings. The van der Waals surface area contributed by atoms with E-state index in [-0.39, 0.29) is 15.4 Å². The lowest BCUT2D eigenvalue weighted by atomic mass is 10.2. The molecule has 0 aliphatic rings. The van der Waals surface area contributed by atoms with E-state index in [9.17, 15) is 22.2 Å². The molecule has 0 aliphatic carbocycles. The van der Waals surface area contributed by atoms with Gasteiger partial charge < -0.3 is 9.50 Å². The maximum absolute atomic E-state index is 13.0. The average Bonchev–Trinajstić information content (AvgIpc) is 3.08. The number of halogens is 5. The zero-order valence-electron chi connectivity index (χ0n) is 14.6. The summed E-state index contributed by atoms with van der Waals surface area (Å²) in [6.07, 6.45) is -4.68. The lowest BCUT2D eigenvalue weighted by Crippen LogP contribution is -2.22. The molecule has 3 rings (SSSR count). The largest absolute Gasteiger partial charge is 0.420 e. The minimum Gasteiger partial charge on any atom is -0.400 e. The maximum atomic E-state index is 13.0. The molecule has 158 valence electrons. The number of carbonyl (C=O) groups is 1. The van der Waals surface area contributed by atoms with Crippen molar-refractivity contribution in [2.75, 3.05) is 11.1 Å². The summed E-state index contributed by atoms with van der Waals surface area (Å²) in [5.74, 6) is -2.06. The second kappa shape index (κ2) is 9.29. The molecule has 0 saturated heterocycles. The van der Waals surface area contributed by atoms with Gasteiger partial charge in [-0.05, 0) is 24.3 Å². The van der Waals surface area contributed by atoms with E-state index in [0.717, 1.165) is 23.5 Å². The lowest BCUT2D eigenvalue weighted by molar-refractivity contribution is -0.138. The molecule has 1 atom stereocenters. The van der Waals surface area contributed by atoms with Gasteiger partial charge in [-0.2, -0.15) is 13.2 Å². The molecule has 1 amide bonds. The molecular formula is C17H10Cl2F3N3O3S2. The number of rotatable bonds is 6. The van der Waals surface area contributed by atoms with Crippen LogP contribution in [0.25, 0.3) is 11.3 Å². The van der Waals surface area contributed by atoms with Gasteiger partial charge in [-0.25, -0.2) is 14.2 Å². The number of nitrogens with zero attached hydrogens (tertiary/aromatic N) is 2. The van der Waals surface area contributed by atoms with Crippen molar-refractivity contribution in [3.05, 3.63) is 57.6 Å². The van der Waals surface area contributed by atoms with Crippen LogP contribution in [0.4, 0.5) is 18.3 Å². The van der Waals surface area contributed by atoms with Crippen LogP contribution in [0.2, 0.25) is 10.3 Å². The highest BCUT2D eigenvalue weighted by Gasteiger charge is 2.34. The second-order valence-electron chi connectivity index (χ2n) is 5.61. The number of pyridine rings is 1. The fraction of sp³-hybridized carbons (Fsp3) is 0.118. The molecule has 0 saturated carbocycles. The van der Waals surface area contributed by atoms with E-state index >= 15 is 0 Å². The highest BCUT2D eigenvalue weighted by atomic mass is 35.5. The Labute approximate surface area is 184 Å². The molecule has 6 nitrogen and oxygen atoms in total. The molecule has 0 bridgehead atoms. The van der Waals surface area contributed by atoms with E-state index in [0.29, 0.717) is 11.3 Å². The van der Waals surface area contributed by atoms with E-state index in [1.165, 1.54) is 24.3 Å². The molecular weight excluding hydrogens is 486 g/mol. The fourth-order valence-electron chi connectivity index (χ4n) is 2.24. The predicted octanol–water partition coefficient (Wildman–Crippen LogP) is 5.21. The van der Waals surface area contributed by atoms with Gasteiger partial charge in [-0.15, -0.1) is 11.3 Å². The van der Waals surface area contributed by atoms with Crippen molar-refractivity contribution in [2.45, 2.75) is 6.18 Å². The van der Waals surface area contributed by atoms with Crippen molar-refractivity contribution in [3.8, 4) is 17.0 Å².